The van der Waals surface area contributed by atoms with E-state index in [0.29, 0.717) is 29.6 Å². The van der Waals surface area contributed by atoms with Crippen molar-refractivity contribution < 1.29 is 32.6 Å². The van der Waals surface area contributed by atoms with Crippen molar-refractivity contribution in [3.05, 3.63) is 17.7 Å². The first kappa shape index (κ1) is 23.7. The van der Waals surface area contributed by atoms with E-state index in [1.54, 1.807) is 6.07 Å². The van der Waals surface area contributed by atoms with Crippen LogP contribution in [-0.4, -0.2) is 62.4 Å². The lowest BCUT2D eigenvalue weighted by molar-refractivity contribution is -0.124. The van der Waals surface area contributed by atoms with E-state index in [4.69, 9.17) is 9.47 Å². The largest absolute Gasteiger partial charge is 0.454 e. The van der Waals surface area contributed by atoms with E-state index >= 15 is 0 Å². The SMILES string of the molecule is CCNC(=NCc1cc2c(cc1OC(F)F)OCO2)NCCN1C(=O)CNC1=O.I. The molecule has 166 valence electrons. The summed E-state index contributed by atoms with van der Waals surface area (Å²) in [5.74, 6) is 0.789. The molecule has 1 fully saturated rings. The highest BCUT2D eigenvalue weighted by atomic mass is 127. The number of amides is 3. The Morgan fingerprint density at radius 3 is 2.67 bits per heavy atom. The Labute approximate surface area is 188 Å². The van der Waals surface area contributed by atoms with Crippen molar-refractivity contribution in [2.75, 3.05) is 33.0 Å². The van der Waals surface area contributed by atoms with E-state index in [1.165, 1.54) is 6.07 Å². The summed E-state index contributed by atoms with van der Waals surface area (Å²) in [6.45, 7) is -0.124. The number of nitrogens with one attached hydrogen (secondary N) is 3. The van der Waals surface area contributed by atoms with Crippen LogP contribution in [0.3, 0.4) is 0 Å². The zero-order valence-corrected chi connectivity index (χ0v) is 18.4. The number of benzene rings is 1. The van der Waals surface area contributed by atoms with Crippen molar-refractivity contribution in [1.82, 2.24) is 20.9 Å². The Bertz CT molecular complexity index is 795. The fraction of sp³-hybridized carbons (Fsp3) is 0.471. The Morgan fingerprint density at radius 1 is 1.30 bits per heavy atom. The minimum atomic E-state index is -2.99. The molecule has 13 heteroatoms. The molecule has 2 aliphatic rings. The van der Waals surface area contributed by atoms with Gasteiger partial charge in [0.05, 0.1) is 13.1 Å². The smallest absolute Gasteiger partial charge is 0.387 e. The summed E-state index contributed by atoms with van der Waals surface area (Å²) in [6, 6.07) is 2.45. The Balaban J connectivity index is 0.00000320. The molecule has 0 aromatic heterocycles. The number of hydrogen-bond acceptors (Lipinski definition) is 6. The van der Waals surface area contributed by atoms with Gasteiger partial charge in [0.2, 0.25) is 12.7 Å². The van der Waals surface area contributed by atoms with E-state index in [9.17, 15) is 18.4 Å². The van der Waals surface area contributed by atoms with Crippen LogP contribution < -0.4 is 30.2 Å². The Hall–Kier alpha value is -2.58. The maximum absolute atomic E-state index is 12.7. The third kappa shape index (κ3) is 5.96. The van der Waals surface area contributed by atoms with Gasteiger partial charge in [-0.25, -0.2) is 9.79 Å². The minimum absolute atomic E-state index is 0. The number of guanidine groups is 1. The number of carbonyl (C=O) groups excluding carboxylic acids is 2. The molecule has 1 aromatic carbocycles. The van der Waals surface area contributed by atoms with E-state index in [-0.39, 0.29) is 68.6 Å². The minimum Gasteiger partial charge on any atom is -0.454 e. The highest BCUT2D eigenvalue weighted by Gasteiger charge is 2.27. The van der Waals surface area contributed by atoms with Crippen LogP contribution in [0.4, 0.5) is 13.6 Å². The third-order valence-electron chi connectivity index (χ3n) is 4.09. The fourth-order valence-electron chi connectivity index (χ4n) is 2.77. The number of rotatable bonds is 8. The standard InChI is InChI=1S/C17H21F2N5O5.HI/c1-2-20-16(21-3-4-24-14(25)8-23-17(24)26)22-7-10-5-12-13(28-9-27-12)6-11(10)29-15(18)19;/h5-6,15H,2-4,7-9H2,1H3,(H,23,26)(H2,20,21,22);1H. The lowest BCUT2D eigenvalue weighted by atomic mass is 10.1. The van der Waals surface area contributed by atoms with Gasteiger partial charge in [-0.3, -0.25) is 9.69 Å². The van der Waals surface area contributed by atoms with Gasteiger partial charge in [-0.1, -0.05) is 0 Å². The normalized spacial score (nSPS) is 15.2. The lowest BCUT2D eigenvalue weighted by Gasteiger charge is -2.16. The number of imide groups is 1. The molecule has 0 unspecified atom stereocenters. The van der Waals surface area contributed by atoms with Crippen molar-refractivity contribution in [2.45, 2.75) is 20.1 Å². The third-order valence-corrected chi connectivity index (χ3v) is 4.09. The zero-order chi connectivity index (χ0) is 20.8. The summed E-state index contributed by atoms with van der Waals surface area (Å²) in [4.78, 5) is 28.6. The van der Waals surface area contributed by atoms with Crippen LogP contribution in [0.1, 0.15) is 12.5 Å². The number of fused-ring (bicyclic) bond motifs is 1. The van der Waals surface area contributed by atoms with Crippen LogP contribution in [0.2, 0.25) is 0 Å². The molecule has 0 aliphatic carbocycles. The van der Waals surface area contributed by atoms with E-state index in [2.05, 4.69) is 25.7 Å². The van der Waals surface area contributed by atoms with Crippen molar-refractivity contribution >= 4 is 41.9 Å². The van der Waals surface area contributed by atoms with Crippen LogP contribution in [0, 0.1) is 0 Å². The maximum atomic E-state index is 12.7. The molecule has 30 heavy (non-hydrogen) atoms. The molecule has 3 amide bonds. The van der Waals surface area contributed by atoms with Gasteiger partial charge in [0.15, 0.2) is 17.5 Å². The first-order chi connectivity index (χ1) is 14.0. The number of alkyl halides is 2. The number of urea groups is 1. The van der Waals surface area contributed by atoms with Crippen molar-refractivity contribution in [1.29, 1.82) is 0 Å². The summed E-state index contributed by atoms with van der Waals surface area (Å²) in [5, 5.41) is 8.43. The van der Waals surface area contributed by atoms with E-state index < -0.39 is 12.6 Å². The topological polar surface area (TPSA) is 114 Å². The van der Waals surface area contributed by atoms with Crippen LogP contribution in [-0.2, 0) is 11.3 Å². The van der Waals surface area contributed by atoms with Crippen molar-refractivity contribution in [3.8, 4) is 17.2 Å². The van der Waals surface area contributed by atoms with Gasteiger partial charge < -0.3 is 30.2 Å². The van der Waals surface area contributed by atoms with Gasteiger partial charge in [0, 0.05) is 31.3 Å². The Morgan fingerprint density at radius 2 is 2.03 bits per heavy atom. The molecule has 1 saturated heterocycles. The summed E-state index contributed by atoms with van der Waals surface area (Å²) < 4.78 is 40.5. The molecule has 0 radical (unpaired) electrons. The van der Waals surface area contributed by atoms with Gasteiger partial charge in [-0.2, -0.15) is 8.78 Å². The van der Waals surface area contributed by atoms with Gasteiger partial charge in [-0.05, 0) is 13.0 Å². The number of halogens is 3. The molecule has 1 aromatic rings. The molecule has 10 nitrogen and oxygen atoms in total. The quantitative estimate of drug-likeness (QED) is 0.197. The second-order valence-electron chi connectivity index (χ2n) is 6.02. The van der Waals surface area contributed by atoms with Gasteiger partial charge >= 0.3 is 12.6 Å². The first-order valence-electron chi connectivity index (χ1n) is 8.95. The van der Waals surface area contributed by atoms with Gasteiger partial charge in [-0.15, -0.1) is 24.0 Å². The molecular formula is C17H22F2IN5O5. The zero-order valence-electron chi connectivity index (χ0n) is 16.1. The monoisotopic (exact) mass is 541 g/mol. The van der Waals surface area contributed by atoms with Crippen molar-refractivity contribution in [3.63, 3.8) is 0 Å². The second kappa shape index (κ2) is 11.0. The average Bonchev–Trinajstić information content (AvgIpc) is 3.25. The number of aliphatic imine (C=N–C) groups is 1. The average molecular weight is 541 g/mol. The molecule has 0 saturated carbocycles. The van der Waals surface area contributed by atoms with Crippen LogP contribution in [0.5, 0.6) is 17.2 Å². The van der Waals surface area contributed by atoms with Gasteiger partial charge in [0.1, 0.15) is 5.75 Å². The molecule has 0 atom stereocenters. The number of nitrogens with zero attached hydrogens (tertiary/aromatic N) is 2. The molecule has 2 heterocycles. The molecule has 0 bridgehead atoms. The summed E-state index contributed by atoms with van der Waals surface area (Å²) in [7, 11) is 0. The van der Waals surface area contributed by atoms with Crippen molar-refractivity contribution in [2.24, 2.45) is 4.99 Å². The predicted octanol–water partition coefficient (Wildman–Crippen LogP) is 1.24. The van der Waals surface area contributed by atoms with Crippen LogP contribution in [0.25, 0.3) is 0 Å². The molecule has 0 spiro atoms. The maximum Gasteiger partial charge on any atom is 0.387 e. The number of carbonyl (C=O) groups is 2. The molecular weight excluding hydrogens is 519 g/mol. The highest BCUT2D eigenvalue weighted by Crippen LogP contribution is 2.39. The predicted molar refractivity (Wildman–Crippen MR) is 113 cm³/mol. The summed E-state index contributed by atoms with van der Waals surface area (Å²) in [5.41, 5.74) is 0.390. The summed E-state index contributed by atoms with van der Waals surface area (Å²) >= 11 is 0. The highest BCUT2D eigenvalue weighted by molar-refractivity contribution is 14.0. The lowest BCUT2D eigenvalue weighted by Crippen LogP contribution is -2.43. The fourth-order valence-corrected chi connectivity index (χ4v) is 2.77. The molecule has 3 N–H and O–H groups in total. The molecule has 2 aliphatic heterocycles. The van der Waals surface area contributed by atoms with Crippen LogP contribution >= 0.6 is 24.0 Å². The van der Waals surface area contributed by atoms with E-state index in [0.717, 1.165) is 4.90 Å². The second-order valence-corrected chi connectivity index (χ2v) is 6.02. The van der Waals surface area contributed by atoms with Crippen LogP contribution in [0.15, 0.2) is 17.1 Å². The Kier molecular flexibility index (Phi) is 8.68. The van der Waals surface area contributed by atoms with E-state index in [1.807, 2.05) is 6.92 Å². The summed E-state index contributed by atoms with van der Waals surface area (Å²) in [6.07, 6.45) is 0. The number of hydrogen-bond donors (Lipinski definition) is 3. The first-order valence-corrected chi connectivity index (χ1v) is 8.95. The number of ether oxygens (including phenoxy) is 3. The molecule has 3 rings (SSSR count). The van der Waals surface area contributed by atoms with Gasteiger partial charge in [0.25, 0.3) is 0 Å².